The minimum atomic E-state index is -1.61. The molecule has 2 fully saturated rings. The molecule has 37 heavy (non-hydrogen) atoms. The van der Waals surface area contributed by atoms with E-state index in [2.05, 4.69) is 15.1 Å². The summed E-state index contributed by atoms with van der Waals surface area (Å²) < 4.78 is 8.37. The Hall–Kier alpha value is -3.09. The largest absolute Gasteiger partial charge is 0.378 e. The van der Waals surface area contributed by atoms with Crippen molar-refractivity contribution in [1.29, 1.82) is 0 Å². The van der Waals surface area contributed by atoms with Gasteiger partial charge in [0.25, 0.3) is 5.91 Å². The quantitative estimate of drug-likeness (QED) is 0.336. The van der Waals surface area contributed by atoms with E-state index >= 15 is 0 Å². The molecule has 4 aromatic rings. The number of rotatable bonds is 5. The smallest absolute Gasteiger partial charge is 0.258 e. The summed E-state index contributed by atoms with van der Waals surface area (Å²) in [6, 6.07) is 11.5. The van der Waals surface area contributed by atoms with Crippen LogP contribution >= 0.6 is 11.3 Å². The van der Waals surface area contributed by atoms with Crippen LogP contribution in [0.15, 0.2) is 41.2 Å². The number of anilines is 1. The zero-order valence-corrected chi connectivity index (χ0v) is 21.2. The van der Waals surface area contributed by atoms with E-state index in [9.17, 15) is 19.8 Å². The average Bonchev–Trinajstić information content (AvgIpc) is 3.29. The number of carbonyl (C=O) groups excluding carboxylic acids is 1. The molecule has 3 aromatic heterocycles. The first-order chi connectivity index (χ1) is 17.9. The Balaban J connectivity index is 1.37. The highest BCUT2D eigenvalue weighted by Gasteiger charge is 2.29. The molecule has 2 saturated heterocycles. The normalized spacial score (nSPS) is 18.6. The van der Waals surface area contributed by atoms with Crippen molar-refractivity contribution in [3.63, 3.8) is 0 Å². The second kappa shape index (κ2) is 9.66. The Morgan fingerprint density at radius 3 is 2.62 bits per heavy atom. The van der Waals surface area contributed by atoms with Gasteiger partial charge in [-0.2, -0.15) is 0 Å². The Labute approximate surface area is 216 Å². The zero-order valence-electron chi connectivity index (χ0n) is 20.4. The summed E-state index contributed by atoms with van der Waals surface area (Å²) in [6.45, 7) is 4.73. The van der Waals surface area contributed by atoms with Crippen LogP contribution < -0.4 is 15.6 Å². The first-order valence-corrected chi connectivity index (χ1v) is 13.4. The number of nitrogens with one attached hydrogen (secondary N) is 1. The van der Waals surface area contributed by atoms with Crippen LogP contribution in [0, 0.1) is 0 Å². The number of pyridine rings is 2. The molecular weight excluding hydrogens is 494 g/mol. The van der Waals surface area contributed by atoms with E-state index in [-0.39, 0.29) is 23.8 Å². The highest BCUT2D eigenvalue weighted by molar-refractivity contribution is 7.24. The summed E-state index contributed by atoms with van der Waals surface area (Å²) >= 11 is 1.41. The van der Waals surface area contributed by atoms with Crippen LogP contribution in [0.1, 0.15) is 23.2 Å². The van der Waals surface area contributed by atoms with Crippen molar-refractivity contribution in [3.05, 3.63) is 52.2 Å². The van der Waals surface area contributed by atoms with E-state index in [1.54, 1.807) is 6.07 Å². The minimum Gasteiger partial charge on any atom is -0.378 e. The second-order valence-electron chi connectivity index (χ2n) is 9.63. The van der Waals surface area contributed by atoms with E-state index in [1.165, 1.54) is 11.3 Å². The molecule has 0 radical (unpaired) electrons. The van der Waals surface area contributed by atoms with Crippen molar-refractivity contribution in [2.24, 2.45) is 0 Å². The Kier molecular flexibility index (Phi) is 6.33. The zero-order chi connectivity index (χ0) is 25.6. The van der Waals surface area contributed by atoms with E-state index in [0.29, 0.717) is 55.3 Å². The van der Waals surface area contributed by atoms with Gasteiger partial charge in [-0.05, 0) is 24.3 Å². The number of nitrogens with zero attached hydrogens (tertiary/aromatic N) is 4. The fourth-order valence-electron chi connectivity index (χ4n) is 5.10. The number of thiazole rings is 1. The van der Waals surface area contributed by atoms with Crippen molar-refractivity contribution < 1.29 is 19.7 Å². The molecule has 0 spiro atoms. The summed E-state index contributed by atoms with van der Waals surface area (Å²) in [5, 5.41) is 22.8. The van der Waals surface area contributed by atoms with E-state index < -0.39 is 11.7 Å². The molecule has 194 valence electrons. The molecule has 0 atom stereocenters. The van der Waals surface area contributed by atoms with Gasteiger partial charge in [-0.3, -0.25) is 14.0 Å². The number of fused-ring (bicyclic) bond motifs is 5. The lowest BCUT2D eigenvalue weighted by molar-refractivity contribution is -0.188. The molecule has 11 heteroatoms. The van der Waals surface area contributed by atoms with Gasteiger partial charge in [-0.25, -0.2) is 4.98 Å². The minimum absolute atomic E-state index is 0.123. The van der Waals surface area contributed by atoms with Crippen molar-refractivity contribution >= 4 is 49.1 Å². The maximum absolute atomic E-state index is 13.7. The number of ether oxygens (including phenoxy) is 1. The van der Waals surface area contributed by atoms with Gasteiger partial charge in [0.2, 0.25) is 5.43 Å². The number of para-hydroxylation sites is 1. The number of amides is 1. The van der Waals surface area contributed by atoms with E-state index in [4.69, 9.17) is 9.72 Å². The molecule has 1 aromatic carbocycles. The number of hydrogen-bond acceptors (Lipinski definition) is 9. The fraction of sp³-hybridized carbons (Fsp3) is 0.423. The van der Waals surface area contributed by atoms with Gasteiger partial charge >= 0.3 is 0 Å². The van der Waals surface area contributed by atoms with Crippen molar-refractivity contribution in [2.75, 3.05) is 57.4 Å². The van der Waals surface area contributed by atoms with Crippen LogP contribution in [-0.4, -0.2) is 88.7 Å². The van der Waals surface area contributed by atoms with Crippen LogP contribution in [0.25, 0.3) is 26.1 Å². The molecule has 1 amide bonds. The molecule has 6 rings (SSSR count). The van der Waals surface area contributed by atoms with Gasteiger partial charge in [0.05, 0.1) is 28.8 Å². The SMILES string of the molecule is O=C(NCCN1CCC(O)(O)CC1)c1c(=O)c2ccc(N3CCOCC3)nc2n2c1sc1ccccc12. The highest BCUT2D eigenvalue weighted by atomic mass is 32.1. The molecule has 3 N–H and O–H groups in total. The summed E-state index contributed by atoms with van der Waals surface area (Å²) in [5.41, 5.74) is 1.24. The predicted molar refractivity (Wildman–Crippen MR) is 143 cm³/mol. The highest BCUT2D eigenvalue weighted by Crippen LogP contribution is 2.31. The number of benzene rings is 1. The van der Waals surface area contributed by atoms with Crippen LogP contribution in [0.4, 0.5) is 5.82 Å². The number of aromatic nitrogens is 2. The summed E-state index contributed by atoms with van der Waals surface area (Å²) in [6.07, 6.45) is 0.545. The van der Waals surface area contributed by atoms with Crippen LogP contribution in [-0.2, 0) is 4.74 Å². The predicted octanol–water partition coefficient (Wildman–Crippen LogP) is 1.41. The standard InChI is InChI=1S/C26H29N5O5S/c32-22-17-5-6-20(30-13-15-36-16-14-30)28-23(17)31-18-3-1-2-4-19(18)37-25(31)21(22)24(33)27-9-12-29-10-7-26(34,35)8-11-29/h1-6,34-35H,7-16H2,(H,27,33). The van der Waals surface area contributed by atoms with Crippen molar-refractivity contribution in [1.82, 2.24) is 19.6 Å². The van der Waals surface area contributed by atoms with Gasteiger partial charge in [-0.15, -0.1) is 11.3 Å². The first-order valence-electron chi connectivity index (χ1n) is 12.6. The third-order valence-electron chi connectivity index (χ3n) is 7.21. The molecule has 0 bridgehead atoms. The molecular formula is C26H29N5O5S. The number of hydrogen-bond donors (Lipinski definition) is 3. The number of aliphatic hydroxyl groups is 2. The molecule has 10 nitrogen and oxygen atoms in total. The monoisotopic (exact) mass is 523 g/mol. The van der Waals surface area contributed by atoms with Gasteiger partial charge in [-0.1, -0.05) is 12.1 Å². The van der Waals surface area contributed by atoms with E-state index in [1.807, 2.05) is 34.7 Å². The third-order valence-corrected chi connectivity index (χ3v) is 8.35. The van der Waals surface area contributed by atoms with Crippen LogP contribution in [0.2, 0.25) is 0 Å². The van der Waals surface area contributed by atoms with Crippen molar-refractivity contribution in [2.45, 2.75) is 18.6 Å². The first kappa shape index (κ1) is 24.3. The summed E-state index contributed by atoms with van der Waals surface area (Å²) in [7, 11) is 0. The molecule has 5 heterocycles. The Morgan fingerprint density at radius 2 is 1.84 bits per heavy atom. The summed E-state index contributed by atoms with van der Waals surface area (Å²) in [4.78, 5) is 36.8. The molecule has 0 unspecified atom stereocenters. The third kappa shape index (κ3) is 4.57. The average molecular weight is 524 g/mol. The maximum atomic E-state index is 13.7. The van der Waals surface area contributed by atoms with E-state index in [0.717, 1.165) is 29.1 Å². The van der Waals surface area contributed by atoms with Crippen molar-refractivity contribution in [3.8, 4) is 0 Å². The lowest BCUT2D eigenvalue weighted by Crippen LogP contribution is -2.46. The lowest BCUT2D eigenvalue weighted by atomic mass is 10.0. The molecule has 0 aliphatic carbocycles. The van der Waals surface area contributed by atoms with Gasteiger partial charge in [0.15, 0.2) is 11.4 Å². The molecule has 0 saturated carbocycles. The summed E-state index contributed by atoms with van der Waals surface area (Å²) in [5.74, 6) is -1.24. The van der Waals surface area contributed by atoms with Gasteiger partial charge < -0.3 is 30.1 Å². The Bertz CT molecular complexity index is 1530. The lowest BCUT2D eigenvalue weighted by Gasteiger charge is -2.34. The molecule has 2 aliphatic rings. The number of piperidine rings is 1. The molecule has 2 aliphatic heterocycles. The Morgan fingerprint density at radius 1 is 1.08 bits per heavy atom. The van der Waals surface area contributed by atoms with Crippen LogP contribution in [0.3, 0.4) is 0 Å². The van der Waals surface area contributed by atoms with Gasteiger partial charge in [0, 0.05) is 52.1 Å². The number of likely N-dealkylation sites (tertiary alicyclic amines) is 1. The maximum Gasteiger partial charge on any atom is 0.258 e. The number of morpholine rings is 1. The number of carbonyl (C=O) groups is 1. The fourth-order valence-corrected chi connectivity index (χ4v) is 6.28. The van der Waals surface area contributed by atoms with Crippen LogP contribution in [0.5, 0.6) is 0 Å². The van der Waals surface area contributed by atoms with Gasteiger partial charge in [0.1, 0.15) is 16.2 Å². The second-order valence-corrected chi connectivity index (χ2v) is 10.7. The topological polar surface area (TPSA) is 120 Å².